The fourth-order valence-corrected chi connectivity index (χ4v) is 1.23. The van der Waals surface area contributed by atoms with Gasteiger partial charge in [-0.05, 0) is 26.0 Å². The largest absolute Gasteiger partial charge is 0.334 e. The standard InChI is InChI=1S/C11H10ClFN2O/c1-11(2,6-14)15-10(16)7-4-3-5-8(12)9(7)13/h3-5H,1-2H3,(H,15,16). The Bertz CT molecular complexity index is 466. The van der Waals surface area contributed by atoms with Crippen molar-refractivity contribution in [2.45, 2.75) is 19.4 Å². The number of hydrogen-bond donors (Lipinski definition) is 1. The number of nitrogens with one attached hydrogen (secondary N) is 1. The number of halogens is 2. The number of amides is 1. The van der Waals surface area contributed by atoms with Crippen LogP contribution in [0.4, 0.5) is 4.39 Å². The lowest BCUT2D eigenvalue weighted by Gasteiger charge is -2.17. The summed E-state index contributed by atoms with van der Waals surface area (Å²) in [5, 5.41) is 11.0. The minimum absolute atomic E-state index is 0.123. The molecule has 0 unspecified atom stereocenters. The van der Waals surface area contributed by atoms with Crippen LogP contribution in [0, 0.1) is 17.1 Å². The molecule has 0 atom stereocenters. The van der Waals surface area contributed by atoms with Crippen molar-refractivity contribution < 1.29 is 9.18 Å². The van der Waals surface area contributed by atoms with Crippen LogP contribution in [0.1, 0.15) is 24.2 Å². The van der Waals surface area contributed by atoms with Crippen LogP contribution in [0.5, 0.6) is 0 Å². The molecule has 0 spiro atoms. The van der Waals surface area contributed by atoms with Gasteiger partial charge in [-0.3, -0.25) is 4.79 Å². The Kier molecular flexibility index (Phi) is 3.51. The Labute approximate surface area is 97.8 Å². The summed E-state index contributed by atoms with van der Waals surface area (Å²) in [5.41, 5.74) is -1.22. The second-order valence-corrected chi connectivity index (χ2v) is 4.20. The van der Waals surface area contributed by atoms with Crippen LogP contribution in [0.25, 0.3) is 0 Å². The summed E-state index contributed by atoms with van der Waals surface area (Å²) in [4.78, 5) is 11.6. The predicted molar refractivity (Wildman–Crippen MR) is 58.6 cm³/mol. The molecule has 1 rings (SSSR count). The summed E-state index contributed by atoms with van der Waals surface area (Å²) in [6.45, 7) is 3.04. The molecule has 1 aromatic rings. The van der Waals surface area contributed by atoms with Gasteiger partial charge in [0.05, 0.1) is 16.7 Å². The lowest BCUT2D eigenvalue weighted by Crippen LogP contribution is -2.42. The van der Waals surface area contributed by atoms with Gasteiger partial charge in [-0.1, -0.05) is 17.7 Å². The number of carbonyl (C=O) groups excluding carboxylic acids is 1. The molecule has 84 valence electrons. The lowest BCUT2D eigenvalue weighted by molar-refractivity contribution is 0.0925. The van der Waals surface area contributed by atoms with Crippen molar-refractivity contribution in [1.82, 2.24) is 5.32 Å². The molecule has 0 aliphatic carbocycles. The van der Waals surface area contributed by atoms with Crippen LogP contribution < -0.4 is 5.32 Å². The quantitative estimate of drug-likeness (QED) is 0.864. The average Bonchev–Trinajstić information content (AvgIpc) is 2.21. The van der Waals surface area contributed by atoms with Crippen molar-refractivity contribution in [1.29, 1.82) is 5.26 Å². The molecule has 0 bridgehead atoms. The van der Waals surface area contributed by atoms with E-state index in [-0.39, 0.29) is 10.6 Å². The van der Waals surface area contributed by atoms with Gasteiger partial charge in [0.2, 0.25) is 0 Å². The molecule has 1 aromatic carbocycles. The first-order valence-corrected chi connectivity index (χ1v) is 4.93. The third kappa shape index (κ3) is 2.71. The minimum atomic E-state index is -1.05. The molecule has 0 aliphatic heterocycles. The summed E-state index contributed by atoms with van der Waals surface area (Å²) in [6.07, 6.45) is 0. The highest BCUT2D eigenvalue weighted by Crippen LogP contribution is 2.18. The Morgan fingerprint density at radius 3 is 2.75 bits per heavy atom. The van der Waals surface area contributed by atoms with Crippen molar-refractivity contribution in [3.05, 3.63) is 34.6 Å². The molecule has 0 heterocycles. The molecule has 0 saturated carbocycles. The molecule has 0 aromatic heterocycles. The summed E-state index contributed by atoms with van der Waals surface area (Å²) in [6, 6.07) is 6.02. The van der Waals surface area contributed by atoms with Crippen LogP contribution in [-0.4, -0.2) is 11.4 Å². The van der Waals surface area contributed by atoms with E-state index in [1.165, 1.54) is 32.0 Å². The third-order valence-corrected chi connectivity index (χ3v) is 2.19. The lowest BCUT2D eigenvalue weighted by atomic mass is 10.1. The van der Waals surface area contributed by atoms with Crippen LogP contribution in [0.2, 0.25) is 5.02 Å². The smallest absolute Gasteiger partial charge is 0.255 e. The number of carbonyl (C=O) groups is 1. The van der Waals surface area contributed by atoms with Crippen molar-refractivity contribution in [3.8, 4) is 6.07 Å². The van der Waals surface area contributed by atoms with E-state index < -0.39 is 17.3 Å². The fraction of sp³-hybridized carbons (Fsp3) is 0.273. The Hall–Kier alpha value is -1.60. The molecular formula is C11H10ClFN2O. The van der Waals surface area contributed by atoms with E-state index in [1.807, 2.05) is 6.07 Å². The fourth-order valence-electron chi connectivity index (χ4n) is 1.06. The van der Waals surface area contributed by atoms with E-state index >= 15 is 0 Å². The van der Waals surface area contributed by atoms with Gasteiger partial charge < -0.3 is 5.32 Å². The molecule has 1 N–H and O–H groups in total. The van der Waals surface area contributed by atoms with E-state index in [2.05, 4.69) is 5.32 Å². The highest BCUT2D eigenvalue weighted by molar-refractivity contribution is 6.31. The Morgan fingerprint density at radius 2 is 2.19 bits per heavy atom. The summed E-state index contributed by atoms with van der Waals surface area (Å²) in [5.74, 6) is -1.44. The van der Waals surface area contributed by atoms with Crippen LogP contribution >= 0.6 is 11.6 Å². The molecule has 0 aliphatic rings. The van der Waals surface area contributed by atoms with Gasteiger partial charge in [0.25, 0.3) is 5.91 Å². The molecule has 5 heteroatoms. The molecule has 16 heavy (non-hydrogen) atoms. The maximum absolute atomic E-state index is 13.5. The number of nitriles is 1. The molecule has 0 radical (unpaired) electrons. The van der Waals surface area contributed by atoms with Crippen molar-refractivity contribution in [3.63, 3.8) is 0 Å². The Balaban J connectivity index is 2.99. The monoisotopic (exact) mass is 240 g/mol. The minimum Gasteiger partial charge on any atom is -0.334 e. The van der Waals surface area contributed by atoms with Crippen LogP contribution in [0.3, 0.4) is 0 Å². The zero-order valence-electron chi connectivity index (χ0n) is 8.84. The van der Waals surface area contributed by atoms with Crippen LogP contribution in [0.15, 0.2) is 18.2 Å². The first-order chi connectivity index (χ1) is 7.37. The third-order valence-electron chi connectivity index (χ3n) is 1.90. The van der Waals surface area contributed by atoms with Gasteiger partial charge in [0.1, 0.15) is 5.54 Å². The van der Waals surface area contributed by atoms with Crippen molar-refractivity contribution in [2.24, 2.45) is 0 Å². The maximum atomic E-state index is 13.5. The van der Waals surface area contributed by atoms with Gasteiger partial charge in [0.15, 0.2) is 5.82 Å². The van der Waals surface area contributed by atoms with Gasteiger partial charge in [-0.25, -0.2) is 4.39 Å². The van der Waals surface area contributed by atoms with E-state index in [4.69, 9.17) is 16.9 Å². The number of benzene rings is 1. The summed E-state index contributed by atoms with van der Waals surface area (Å²) < 4.78 is 13.5. The predicted octanol–water partition coefficient (Wildman–Crippen LogP) is 2.51. The summed E-state index contributed by atoms with van der Waals surface area (Å²) >= 11 is 5.54. The highest BCUT2D eigenvalue weighted by atomic mass is 35.5. The van der Waals surface area contributed by atoms with Gasteiger partial charge in [-0.2, -0.15) is 5.26 Å². The Morgan fingerprint density at radius 1 is 1.56 bits per heavy atom. The molecule has 1 amide bonds. The molecular weight excluding hydrogens is 231 g/mol. The van der Waals surface area contributed by atoms with Crippen molar-refractivity contribution >= 4 is 17.5 Å². The van der Waals surface area contributed by atoms with Gasteiger partial charge in [0, 0.05) is 0 Å². The highest BCUT2D eigenvalue weighted by Gasteiger charge is 2.22. The van der Waals surface area contributed by atoms with Crippen LogP contribution in [-0.2, 0) is 0 Å². The SMILES string of the molecule is CC(C)(C#N)NC(=O)c1cccc(Cl)c1F. The topological polar surface area (TPSA) is 52.9 Å². The first kappa shape index (κ1) is 12.5. The van der Waals surface area contributed by atoms with Gasteiger partial charge >= 0.3 is 0 Å². The first-order valence-electron chi connectivity index (χ1n) is 4.55. The molecule has 0 saturated heterocycles. The maximum Gasteiger partial charge on any atom is 0.255 e. The zero-order valence-corrected chi connectivity index (χ0v) is 9.60. The van der Waals surface area contributed by atoms with Crippen molar-refractivity contribution in [2.75, 3.05) is 0 Å². The second-order valence-electron chi connectivity index (χ2n) is 3.79. The normalized spacial score (nSPS) is 10.7. The van der Waals surface area contributed by atoms with E-state index in [9.17, 15) is 9.18 Å². The van der Waals surface area contributed by atoms with E-state index in [0.29, 0.717) is 0 Å². The second kappa shape index (κ2) is 4.50. The number of nitrogens with zero attached hydrogens (tertiary/aromatic N) is 1. The summed E-state index contributed by atoms with van der Waals surface area (Å²) in [7, 11) is 0. The number of hydrogen-bond acceptors (Lipinski definition) is 2. The van der Waals surface area contributed by atoms with E-state index in [1.54, 1.807) is 0 Å². The number of rotatable bonds is 2. The average molecular weight is 241 g/mol. The molecule has 3 nitrogen and oxygen atoms in total. The van der Waals surface area contributed by atoms with Gasteiger partial charge in [-0.15, -0.1) is 0 Å². The zero-order chi connectivity index (χ0) is 12.3. The van der Waals surface area contributed by atoms with E-state index in [0.717, 1.165) is 0 Å². The molecule has 0 fully saturated rings.